The third-order valence-electron chi connectivity index (χ3n) is 4.80. The van der Waals surface area contributed by atoms with Gasteiger partial charge in [0.2, 0.25) is 15.9 Å². The first kappa shape index (κ1) is 14.5. The van der Waals surface area contributed by atoms with E-state index in [1.807, 2.05) is 0 Å². The Labute approximate surface area is 125 Å². The first-order valence-corrected chi connectivity index (χ1v) is 8.89. The van der Waals surface area contributed by atoms with Crippen LogP contribution in [0.3, 0.4) is 0 Å². The predicted octanol–water partition coefficient (Wildman–Crippen LogP) is 2.10. The maximum Gasteiger partial charge on any atom is 0.238 e. The van der Waals surface area contributed by atoms with Gasteiger partial charge in [-0.2, -0.15) is 0 Å². The Morgan fingerprint density at radius 1 is 1.19 bits per heavy atom. The third kappa shape index (κ3) is 3.27. The molecule has 2 saturated carbocycles. The van der Waals surface area contributed by atoms with Gasteiger partial charge in [-0.3, -0.25) is 4.79 Å². The molecule has 0 saturated heterocycles. The fourth-order valence-corrected chi connectivity index (χ4v) is 4.32. The van der Waals surface area contributed by atoms with Crippen molar-refractivity contribution in [1.82, 2.24) is 0 Å². The van der Waals surface area contributed by atoms with Crippen molar-refractivity contribution in [2.45, 2.75) is 37.0 Å². The molecule has 2 aliphatic rings. The number of hydrogen-bond donors (Lipinski definition) is 2. The van der Waals surface area contributed by atoms with Gasteiger partial charge in [-0.15, -0.1) is 0 Å². The van der Waals surface area contributed by atoms with E-state index in [1.54, 1.807) is 12.1 Å². The normalized spacial score (nSPS) is 27.8. The van der Waals surface area contributed by atoms with Crippen LogP contribution in [-0.2, 0) is 14.8 Å². The highest BCUT2D eigenvalue weighted by Crippen LogP contribution is 2.49. The fraction of sp³-hybridized carbons (Fsp3) is 0.533. The van der Waals surface area contributed by atoms with Crippen molar-refractivity contribution in [2.24, 2.45) is 22.9 Å². The summed E-state index contributed by atoms with van der Waals surface area (Å²) in [5.74, 6) is 2.09. The molecule has 114 valence electrons. The molecule has 2 bridgehead atoms. The Kier molecular flexibility index (Phi) is 3.75. The van der Waals surface area contributed by atoms with Crippen LogP contribution in [-0.4, -0.2) is 14.3 Å². The second kappa shape index (κ2) is 5.42. The van der Waals surface area contributed by atoms with Crippen molar-refractivity contribution in [1.29, 1.82) is 0 Å². The van der Waals surface area contributed by atoms with Crippen LogP contribution in [0.1, 0.15) is 32.1 Å². The highest BCUT2D eigenvalue weighted by molar-refractivity contribution is 7.89. The van der Waals surface area contributed by atoms with E-state index in [2.05, 4.69) is 5.32 Å². The second-order valence-electron chi connectivity index (χ2n) is 6.26. The molecular formula is C15H20N2O3S. The van der Waals surface area contributed by atoms with Gasteiger partial charge in [0.25, 0.3) is 0 Å². The summed E-state index contributed by atoms with van der Waals surface area (Å²) in [6.07, 6.45) is 5.64. The zero-order valence-electron chi connectivity index (χ0n) is 11.8. The number of primary sulfonamides is 1. The van der Waals surface area contributed by atoms with Gasteiger partial charge in [-0.05, 0) is 61.3 Å². The Morgan fingerprint density at radius 2 is 1.90 bits per heavy atom. The molecule has 0 aliphatic heterocycles. The van der Waals surface area contributed by atoms with Crippen molar-refractivity contribution in [3.05, 3.63) is 24.3 Å². The van der Waals surface area contributed by atoms with Gasteiger partial charge in [0.05, 0.1) is 4.90 Å². The lowest BCUT2D eigenvalue weighted by atomic mass is 9.86. The van der Waals surface area contributed by atoms with Gasteiger partial charge < -0.3 is 5.32 Å². The number of nitrogens with two attached hydrogens (primary N) is 1. The molecule has 3 rings (SSSR count). The molecule has 2 aliphatic carbocycles. The smallest absolute Gasteiger partial charge is 0.238 e. The minimum atomic E-state index is -3.69. The van der Waals surface area contributed by atoms with Crippen LogP contribution in [0.4, 0.5) is 5.69 Å². The van der Waals surface area contributed by atoms with Crippen molar-refractivity contribution >= 4 is 21.6 Å². The van der Waals surface area contributed by atoms with Crippen molar-refractivity contribution in [3.8, 4) is 0 Å². The van der Waals surface area contributed by atoms with E-state index in [0.29, 0.717) is 18.0 Å². The number of amides is 1. The number of nitrogens with one attached hydrogen (secondary N) is 1. The van der Waals surface area contributed by atoms with Gasteiger partial charge in [0.15, 0.2) is 0 Å². The standard InChI is InChI=1S/C15H20N2O3S/c16-21(19,20)14-5-3-13(4-6-14)17-15(18)9-12-8-10-1-2-11(12)7-10/h3-6,10-12H,1-2,7-9H2,(H,17,18)(H2,16,19,20)/t10-,11-,12+/m0/s1. The summed E-state index contributed by atoms with van der Waals surface area (Å²) in [6, 6.07) is 5.95. The molecule has 6 heteroatoms. The molecule has 2 fully saturated rings. The molecule has 0 spiro atoms. The summed E-state index contributed by atoms with van der Waals surface area (Å²) in [7, 11) is -3.69. The molecule has 3 atom stereocenters. The van der Waals surface area contributed by atoms with Crippen LogP contribution in [0.15, 0.2) is 29.2 Å². The van der Waals surface area contributed by atoms with Crippen LogP contribution in [0, 0.1) is 17.8 Å². The molecular weight excluding hydrogens is 288 g/mol. The van der Waals surface area contributed by atoms with E-state index in [1.165, 1.54) is 37.8 Å². The van der Waals surface area contributed by atoms with Crippen LogP contribution < -0.4 is 10.5 Å². The second-order valence-corrected chi connectivity index (χ2v) is 7.82. The maximum absolute atomic E-state index is 12.1. The number of benzene rings is 1. The number of anilines is 1. The highest BCUT2D eigenvalue weighted by Gasteiger charge is 2.40. The number of sulfonamides is 1. The molecule has 1 aromatic rings. The number of rotatable bonds is 4. The van der Waals surface area contributed by atoms with Gasteiger partial charge in [-0.1, -0.05) is 6.42 Å². The summed E-state index contributed by atoms with van der Waals surface area (Å²) in [5, 5.41) is 7.87. The zero-order valence-corrected chi connectivity index (χ0v) is 12.6. The van der Waals surface area contributed by atoms with E-state index >= 15 is 0 Å². The van der Waals surface area contributed by atoms with Gasteiger partial charge in [0.1, 0.15) is 0 Å². The molecule has 3 N–H and O–H groups in total. The molecule has 5 nitrogen and oxygen atoms in total. The fourth-order valence-electron chi connectivity index (χ4n) is 3.80. The topological polar surface area (TPSA) is 89.3 Å². The predicted molar refractivity (Wildman–Crippen MR) is 80.0 cm³/mol. The lowest BCUT2D eigenvalue weighted by Crippen LogP contribution is -2.20. The zero-order chi connectivity index (χ0) is 15.0. The summed E-state index contributed by atoms with van der Waals surface area (Å²) < 4.78 is 22.3. The number of carbonyl (C=O) groups excluding carboxylic acids is 1. The lowest BCUT2D eigenvalue weighted by Gasteiger charge is -2.20. The summed E-state index contributed by atoms with van der Waals surface area (Å²) in [5.41, 5.74) is 0.607. The highest BCUT2D eigenvalue weighted by atomic mass is 32.2. The minimum absolute atomic E-state index is 0.0101. The summed E-state index contributed by atoms with van der Waals surface area (Å²) >= 11 is 0. The van der Waals surface area contributed by atoms with E-state index in [4.69, 9.17) is 5.14 Å². The third-order valence-corrected chi connectivity index (χ3v) is 5.73. The van der Waals surface area contributed by atoms with Crippen LogP contribution in [0.2, 0.25) is 0 Å². The Bertz CT molecular complexity index is 639. The lowest BCUT2D eigenvalue weighted by molar-refractivity contribution is -0.117. The van der Waals surface area contributed by atoms with Crippen molar-refractivity contribution < 1.29 is 13.2 Å². The molecule has 0 aromatic heterocycles. The average Bonchev–Trinajstić information content (AvgIpc) is 3.00. The van der Waals surface area contributed by atoms with E-state index in [0.717, 1.165) is 11.8 Å². The molecule has 1 amide bonds. The summed E-state index contributed by atoms with van der Waals surface area (Å²) in [4.78, 5) is 12.1. The van der Waals surface area contributed by atoms with E-state index in [9.17, 15) is 13.2 Å². The van der Waals surface area contributed by atoms with Gasteiger partial charge in [-0.25, -0.2) is 13.6 Å². The first-order chi connectivity index (χ1) is 9.91. The largest absolute Gasteiger partial charge is 0.326 e. The molecule has 0 unspecified atom stereocenters. The minimum Gasteiger partial charge on any atom is -0.326 e. The van der Waals surface area contributed by atoms with Gasteiger partial charge in [0, 0.05) is 12.1 Å². The van der Waals surface area contributed by atoms with E-state index < -0.39 is 10.0 Å². The van der Waals surface area contributed by atoms with Crippen molar-refractivity contribution in [3.63, 3.8) is 0 Å². The quantitative estimate of drug-likeness (QED) is 0.892. The summed E-state index contributed by atoms with van der Waals surface area (Å²) in [6.45, 7) is 0. The monoisotopic (exact) mass is 308 g/mol. The Hall–Kier alpha value is -1.40. The van der Waals surface area contributed by atoms with E-state index in [-0.39, 0.29) is 10.8 Å². The van der Waals surface area contributed by atoms with Crippen molar-refractivity contribution in [2.75, 3.05) is 5.32 Å². The van der Waals surface area contributed by atoms with Crippen LogP contribution in [0.25, 0.3) is 0 Å². The number of carbonyl (C=O) groups is 1. The Balaban J connectivity index is 1.57. The molecule has 0 radical (unpaired) electrons. The average molecular weight is 308 g/mol. The van der Waals surface area contributed by atoms with Gasteiger partial charge >= 0.3 is 0 Å². The number of hydrogen-bond acceptors (Lipinski definition) is 3. The molecule has 1 aromatic carbocycles. The first-order valence-electron chi connectivity index (χ1n) is 7.34. The van der Waals surface area contributed by atoms with Crippen LogP contribution >= 0.6 is 0 Å². The van der Waals surface area contributed by atoms with Crippen LogP contribution in [0.5, 0.6) is 0 Å². The number of fused-ring (bicyclic) bond motifs is 2. The molecule has 21 heavy (non-hydrogen) atoms. The maximum atomic E-state index is 12.1. The molecule has 0 heterocycles. The Morgan fingerprint density at radius 3 is 2.43 bits per heavy atom. The SMILES string of the molecule is NS(=O)(=O)c1ccc(NC(=O)C[C@H]2C[C@H]3CC[C@H]2C3)cc1.